The molecule has 0 aliphatic carbocycles. The summed E-state index contributed by atoms with van der Waals surface area (Å²) in [5.74, 6) is 0.921. The fraction of sp³-hybridized carbons (Fsp3) is 0.294. The third kappa shape index (κ3) is 2.86. The highest BCUT2D eigenvalue weighted by atomic mass is 35.5. The number of rotatable bonds is 5. The summed E-state index contributed by atoms with van der Waals surface area (Å²) in [5.41, 5.74) is 0.768. The zero-order valence-corrected chi connectivity index (χ0v) is 13.7. The van der Waals surface area contributed by atoms with Crippen LogP contribution in [0, 0.1) is 0 Å². The molecule has 0 aliphatic heterocycles. The van der Waals surface area contributed by atoms with Crippen molar-refractivity contribution in [1.29, 1.82) is 0 Å². The number of hydrogen-bond donors (Lipinski definition) is 1. The number of nitrogens with one attached hydrogen (secondary N) is 1. The first-order valence-electron chi connectivity index (χ1n) is 7.22. The number of para-hydroxylation sites is 1. The first-order chi connectivity index (χ1) is 10.2. The molecule has 4 heteroatoms. The Labute approximate surface area is 133 Å². The average Bonchev–Trinajstić information content (AvgIpc) is 3.12. The van der Waals surface area contributed by atoms with Gasteiger partial charge in [-0.3, -0.25) is 0 Å². The summed E-state index contributed by atoms with van der Waals surface area (Å²) in [7, 11) is 0. The van der Waals surface area contributed by atoms with Crippen molar-refractivity contribution >= 4 is 33.9 Å². The van der Waals surface area contributed by atoms with E-state index in [1.165, 1.54) is 9.75 Å². The maximum absolute atomic E-state index is 6.21. The molecule has 2 aromatic heterocycles. The van der Waals surface area contributed by atoms with Gasteiger partial charge in [0.05, 0.1) is 5.02 Å². The summed E-state index contributed by atoms with van der Waals surface area (Å²) in [6, 6.07) is 12.4. The number of aryl methyl sites for hydroxylation is 1. The Kier molecular flexibility index (Phi) is 4.34. The minimum Gasteiger partial charge on any atom is -0.457 e. The molecule has 1 atom stereocenters. The summed E-state index contributed by atoms with van der Waals surface area (Å²) >= 11 is 8.05. The van der Waals surface area contributed by atoms with Crippen LogP contribution < -0.4 is 5.32 Å². The predicted molar refractivity (Wildman–Crippen MR) is 90.4 cm³/mol. The van der Waals surface area contributed by atoms with E-state index < -0.39 is 0 Å². The Morgan fingerprint density at radius 3 is 2.76 bits per heavy atom. The second kappa shape index (κ2) is 6.22. The minimum atomic E-state index is 0.0868. The standard InChI is InChI=1S/C17H18ClNOS/c1-3-12-8-9-15(21-12)16(19-4-2)14-10-11-6-5-7-13(18)17(11)20-14/h5-10,16,19H,3-4H2,1-2H3. The Bertz CT molecular complexity index is 746. The molecular formula is C17H18ClNOS. The Morgan fingerprint density at radius 2 is 2.10 bits per heavy atom. The highest BCUT2D eigenvalue weighted by molar-refractivity contribution is 7.12. The van der Waals surface area contributed by atoms with Gasteiger partial charge < -0.3 is 9.73 Å². The maximum atomic E-state index is 6.21. The lowest BCUT2D eigenvalue weighted by Gasteiger charge is -2.13. The number of fused-ring (bicyclic) bond motifs is 1. The fourth-order valence-corrected chi connectivity index (χ4v) is 3.73. The van der Waals surface area contributed by atoms with Crippen LogP contribution in [0.1, 0.15) is 35.4 Å². The van der Waals surface area contributed by atoms with Crippen LogP contribution in [0.15, 0.2) is 40.8 Å². The van der Waals surface area contributed by atoms with Gasteiger partial charge in [0, 0.05) is 15.1 Å². The molecule has 0 bridgehead atoms. The van der Waals surface area contributed by atoms with E-state index in [4.69, 9.17) is 16.0 Å². The normalized spacial score (nSPS) is 12.9. The summed E-state index contributed by atoms with van der Waals surface area (Å²) in [6.45, 7) is 5.17. The van der Waals surface area contributed by atoms with Gasteiger partial charge in [0.15, 0.2) is 5.58 Å². The van der Waals surface area contributed by atoms with E-state index in [-0.39, 0.29) is 6.04 Å². The molecule has 3 aromatic rings. The highest BCUT2D eigenvalue weighted by Gasteiger charge is 2.20. The topological polar surface area (TPSA) is 25.2 Å². The molecule has 1 unspecified atom stereocenters. The van der Waals surface area contributed by atoms with Crippen LogP contribution in [0.5, 0.6) is 0 Å². The van der Waals surface area contributed by atoms with Gasteiger partial charge in [0.25, 0.3) is 0 Å². The van der Waals surface area contributed by atoms with Crippen LogP contribution in [0.25, 0.3) is 11.0 Å². The van der Waals surface area contributed by atoms with Crippen molar-refractivity contribution in [3.05, 3.63) is 56.9 Å². The SMILES string of the molecule is CCNC(c1cc2cccc(Cl)c2o1)c1ccc(CC)s1. The van der Waals surface area contributed by atoms with Crippen LogP contribution in [-0.4, -0.2) is 6.54 Å². The Hall–Kier alpha value is -1.29. The van der Waals surface area contributed by atoms with Crippen LogP contribution in [-0.2, 0) is 6.42 Å². The molecule has 2 nitrogen and oxygen atoms in total. The number of thiophene rings is 1. The summed E-state index contributed by atoms with van der Waals surface area (Å²) in [4.78, 5) is 2.67. The van der Waals surface area contributed by atoms with E-state index in [2.05, 4.69) is 37.4 Å². The summed E-state index contributed by atoms with van der Waals surface area (Å²) in [6.07, 6.45) is 1.06. The number of benzene rings is 1. The quantitative estimate of drug-likeness (QED) is 0.680. The van der Waals surface area contributed by atoms with E-state index in [1.807, 2.05) is 29.5 Å². The zero-order chi connectivity index (χ0) is 14.8. The third-order valence-electron chi connectivity index (χ3n) is 3.52. The van der Waals surface area contributed by atoms with Crippen molar-refractivity contribution in [3.63, 3.8) is 0 Å². The predicted octanol–water partition coefficient (Wildman–Crippen LogP) is 5.41. The van der Waals surface area contributed by atoms with Gasteiger partial charge in [-0.1, -0.05) is 37.6 Å². The van der Waals surface area contributed by atoms with Crippen molar-refractivity contribution in [2.24, 2.45) is 0 Å². The Balaban J connectivity index is 2.04. The summed E-state index contributed by atoms with van der Waals surface area (Å²) < 4.78 is 6.02. The van der Waals surface area contributed by atoms with E-state index in [0.717, 1.165) is 29.7 Å². The second-order valence-electron chi connectivity index (χ2n) is 4.96. The molecule has 0 amide bonds. The van der Waals surface area contributed by atoms with Crippen molar-refractivity contribution in [3.8, 4) is 0 Å². The zero-order valence-electron chi connectivity index (χ0n) is 12.2. The summed E-state index contributed by atoms with van der Waals surface area (Å²) in [5, 5.41) is 5.22. The van der Waals surface area contributed by atoms with E-state index >= 15 is 0 Å². The fourth-order valence-electron chi connectivity index (χ4n) is 2.47. The molecule has 1 N–H and O–H groups in total. The molecule has 0 fully saturated rings. The Morgan fingerprint density at radius 1 is 1.24 bits per heavy atom. The molecule has 21 heavy (non-hydrogen) atoms. The van der Waals surface area contributed by atoms with Crippen molar-refractivity contribution in [2.45, 2.75) is 26.3 Å². The van der Waals surface area contributed by atoms with E-state index in [9.17, 15) is 0 Å². The van der Waals surface area contributed by atoms with Crippen molar-refractivity contribution in [1.82, 2.24) is 5.32 Å². The van der Waals surface area contributed by atoms with Gasteiger partial charge in [-0.15, -0.1) is 11.3 Å². The second-order valence-corrected chi connectivity index (χ2v) is 6.56. The van der Waals surface area contributed by atoms with Crippen LogP contribution in [0.3, 0.4) is 0 Å². The van der Waals surface area contributed by atoms with Crippen LogP contribution >= 0.6 is 22.9 Å². The lowest BCUT2D eigenvalue weighted by molar-refractivity contribution is 0.481. The molecule has 0 saturated heterocycles. The smallest absolute Gasteiger partial charge is 0.152 e. The maximum Gasteiger partial charge on any atom is 0.152 e. The molecule has 110 valence electrons. The first-order valence-corrected chi connectivity index (χ1v) is 8.42. The molecule has 1 aromatic carbocycles. The molecule has 0 saturated carbocycles. The molecule has 0 spiro atoms. The van der Waals surface area contributed by atoms with Crippen LogP contribution in [0.4, 0.5) is 0 Å². The first kappa shape index (κ1) is 14.6. The van der Waals surface area contributed by atoms with Gasteiger partial charge in [-0.25, -0.2) is 0 Å². The van der Waals surface area contributed by atoms with Crippen molar-refractivity contribution < 1.29 is 4.42 Å². The molecule has 3 rings (SSSR count). The number of halogens is 1. The average molecular weight is 320 g/mol. The van der Waals surface area contributed by atoms with Gasteiger partial charge >= 0.3 is 0 Å². The lowest BCUT2D eigenvalue weighted by atomic mass is 10.1. The third-order valence-corrected chi connectivity index (χ3v) is 5.12. The number of furan rings is 1. The lowest BCUT2D eigenvalue weighted by Crippen LogP contribution is -2.20. The van der Waals surface area contributed by atoms with Crippen molar-refractivity contribution in [2.75, 3.05) is 6.54 Å². The molecular weight excluding hydrogens is 302 g/mol. The van der Waals surface area contributed by atoms with E-state index in [0.29, 0.717) is 5.02 Å². The monoisotopic (exact) mass is 319 g/mol. The molecule has 0 aliphatic rings. The van der Waals surface area contributed by atoms with Gasteiger partial charge in [-0.05, 0) is 37.2 Å². The van der Waals surface area contributed by atoms with Crippen LogP contribution in [0.2, 0.25) is 5.02 Å². The largest absolute Gasteiger partial charge is 0.457 e. The van der Waals surface area contributed by atoms with E-state index in [1.54, 1.807) is 0 Å². The highest BCUT2D eigenvalue weighted by Crippen LogP contribution is 2.34. The minimum absolute atomic E-state index is 0.0868. The number of hydrogen-bond acceptors (Lipinski definition) is 3. The van der Waals surface area contributed by atoms with Gasteiger partial charge in [-0.2, -0.15) is 0 Å². The van der Waals surface area contributed by atoms with Gasteiger partial charge in [0.2, 0.25) is 0 Å². The van der Waals surface area contributed by atoms with Gasteiger partial charge in [0.1, 0.15) is 11.8 Å². The molecule has 2 heterocycles. The molecule has 0 radical (unpaired) electrons.